The number of pyridine rings is 1. The molecule has 2 aromatic carbocycles. The minimum absolute atomic E-state index is 0.0447. The number of hydrogen-bond donors (Lipinski definition) is 2. The average Bonchev–Trinajstić information content (AvgIpc) is 3.16. The Balaban J connectivity index is 1.67. The summed E-state index contributed by atoms with van der Waals surface area (Å²) in [6.07, 6.45) is 0. The molecule has 0 bridgehead atoms. The quantitative estimate of drug-likeness (QED) is 0.435. The molecule has 5 rings (SSSR count). The van der Waals surface area contributed by atoms with Gasteiger partial charge >= 0.3 is 0 Å². The highest BCUT2D eigenvalue weighted by Gasteiger charge is 2.12. The fraction of sp³-hybridized carbons (Fsp3) is 0.174. The molecule has 0 saturated carbocycles. The van der Waals surface area contributed by atoms with E-state index in [9.17, 15) is 0 Å². The molecular formula is C23H21N5O. The summed E-state index contributed by atoms with van der Waals surface area (Å²) in [6.45, 7) is 6.17. The molecule has 0 spiro atoms. The lowest BCUT2D eigenvalue weighted by Gasteiger charge is -2.21. The Hall–Kier alpha value is -3.67. The van der Waals surface area contributed by atoms with E-state index < -0.39 is 0 Å². The molecule has 144 valence electrons. The first kappa shape index (κ1) is 17.4. The standard InChI is InChI=1S/C23H21N5O/c1-3-28(4-2)16-10-9-14-11-15-12-17(21(24)29-23(15)27-20(14)13-16)22-25-18-7-5-6-8-19(18)26-22/h5-13,24H,3-4H2,1-2H3,(H,25,26). The van der Waals surface area contributed by atoms with E-state index in [-0.39, 0.29) is 5.55 Å². The van der Waals surface area contributed by atoms with Crippen LogP contribution in [-0.4, -0.2) is 28.0 Å². The molecule has 0 atom stereocenters. The first-order chi connectivity index (χ1) is 14.2. The molecule has 0 unspecified atom stereocenters. The van der Waals surface area contributed by atoms with E-state index in [0.717, 1.165) is 46.1 Å². The van der Waals surface area contributed by atoms with Crippen LogP contribution in [0.25, 0.3) is 44.4 Å². The van der Waals surface area contributed by atoms with Crippen molar-refractivity contribution in [2.24, 2.45) is 0 Å². The average molecular weight is 383 g/mol. The Morgan fingerprint density at radius 1 is 0.931 bits per heavy atom. The number of benzene rings is 2. The Morgan fingerprint density at radius 2 is 1.76 bits per heavy atom. The van der Waals surface area contributed by atoms with Gasteiger partial charge in [0.15, 0.2) is 0 Å². The first-order valence-electron chi connectivity index (χ1n) is 9.79. The normalized spacial score (nSPS) is 11.5. The van der Waals surface area contributed by atoms with E-state index in [1.165, 1.54) is 0 Å². The topological polar surface area (TPSA) is 81.8 Å². The van der Waals surface area contributed by atoms with Crippen molar-refractivity contribution in [1.29, 1.82) is 5.41 Å². The molecule has 0 fully saturated rings. The van der Waals surface area contributed by atoms with Crippen LogP contribution in [0, 0.1) is 5.41 Å². The van der Waals surface area contributed by atoms with E-state index in [4.69, 9.17) is 9.83 Å². The van der Waals surface area contributed by atoms with Gasteiger partial charge < -0.3 is 14.3 Å². The second kappa shape index (κ2) is 6.74. The SMILES string of the molecule is CCN(CC)c1ccc2cc3cc(-c4nc5ccccc5[nH]4)c(=N)oc3nc2c1. The zero-order valence-corrected chi connectivity index (χ0v) is 16.4. The Morgan fingerprint density at radius 3 is 2.55 bits per heavy atom. The number of nitrogens with one attached hydrogen (secondary N) is 2. The summed E-state index contributed by atoms with van der Waals surface area (Å²) in [5.41, 5.74) is 4.92. The van der Waals surface area contributed by atoms with Crippen molar-refractivity contribution in [2.45, 2.75) is 13.8 Å². The third-order valence-electron chi connectivity index (χ3n) is 5.31. The molecular weight excluding hydrogens is 362 g/mol. The van der Waals surface area contributed by atoms with Crippen LogP contribution < -0.4 is 10.5 Å². The van der Waals surface area contributed by atoms with Gasteiger partial charge in [-0.3, -0.25) is 5.41 Å². The summed E-state index contributed by atoms with van der Waals surface area (Å²) < 4.78 is 5.79. The molecule has 5 aromatic rings. The highest BCUT2D eigenvalue weighted by Crippen LogP contribution is 2.26. The van der Waals surface area contributed by atoms with E-state index in [1.54, 1.807) is 0 Å². The van der Waals surface area contributed by atoms with Crippen LogP contribution in [0.15, 0.2) is 59.0 Å². The van der Waals surface area contributed by atoms with Gasteiger partial charge in [0, 0.05) is 29.5 Å². The van der Waals surface area contributed by atoms with Gasteiger partial charge in [0.1, 0.15) is 5.82 Å². The second-order valence-electron chi connectivity index (χ2n) is 7.02. The first-order valence-corrected chi connectivity index (χ1v) is 9.79. The second-order valence-corrected chi connectivity index (χ2v) is 7.02. The highest BCUT2D eigenvalue weighted by molar-refractivity contribution is 5.93. The molecule has 0 radical (unpaired) electrons. The van der Waals surface area contributed by atoms with Crippen molar-refractivity contribution in [3.63, 3.8) is 0 Å². The van der Waals surface area contributed by atoms with Crippen LogP contribution in [-0.2, 0) is 0 Å². The monoisotopic (exact) mass is 383 g/mol. The fourth-order valence-electron chi connectivity index (χ4n) is 3.75. The molecule has 2 N–H and O–H groups in total. The zero-order chi connectivity index (χ0) is 20.0. The number of rotatable bonds is 4. The predicted molar refractivity (Wildman–Crippen MR) is 116 cm³/mol. The van der Waals surface area contributed by atoms with Gasteiger partial charge in [-0.2, -0.15) is 0 Å². The predicted octanol–water partition coefficient (Wildman–Crippen LogP) is 4.85. The van der Waals surface area contributed by atoms with Crippen molar-refractivity contribution < 1.29 is 4.42 Å². The van der Waals surface area contributed by atoms with Gasteiger partial charge in [-0.05, 0) is 50.2 Å². The number of para-hydroxylation sites is 2. The maximum absolute atomic E-state index is 8.37. The summed E-state index contributed by atoms with van der Waals surface area (Å²) in [6, 6.07) is 18.1. The van der Waals surface area contributed by atoms with Crippen molar-refractivity contribution in [3.05, 3.63) is 60.2 Å². The summed E-state index contributed by atoms with van der Waals surface area (Å²) in [5, 5.41) is 10.3. The smallest absolute Gasteiger partial charge is 0.229 e. The third kappa shape index (κ3) is 2.93. The molecule has 0 aliphatic rings. The molecule has 0 aliphatic heterocycles. The van der Waals surface area contributed by atoms with Crippen LogP contribution in [0.5, 0.6) is 0 Å². The lowest BCUT2D eigenvalue weighted by molar-refractivity contribution is 0.526. The van der Waals surface area contributed by atoms with Gasteiger partial charge in [-0.1, -0.05) is 18.2 Å². The molecule has 6 nitrogen and oxygen atoms in total. The van der Waals surface area contributed by atoms with Gasteiger partial charge in [0.25, 0.3) is 0 Å². The highest BCUT2D eigenvalue weighted by atomic mass is 16.3. The van der Waals surface area contributed by atoms with E-state index in [2.05, 4.69) is 58.0 Å². The van der Waals surface area contributed by atoms with Gasteiger partial charge in [0.05, 0.1) is 22.1 Å². The summed E-state index contributed by atoms with van der Waals surface area (Å²) in [5.74, 6) is 0.624. The third-order valence-corrected chi connectivity index (χ3v) is 5.31. The lowest BCUT2D eigenvalue weighted by atomic mass is 10.1. The molecule has 0 amide bonds. The molecule has 29 heavy (non-hydrogen) atoms. The fourth-order valence-corrected chi connectivity index (χ4v) is 3.75. The lowest BCUT2D eigenvalue weighted by Crippen LogP contribution is -2.21. The maximum atomic E-state index is 8.37. The van der Waals surface area contributed by atoms with Gasteiger partial charge in [-0.25, -0.2) is 9.97 Å². The number of aromatic amines is 1. The summed E-state index contributed by atoms with van der Waals surface area (Å²) in [7, 11) is 0. The molecule has 0 saturated heterocycles. The largest absolute Gasteiger partial charge is 0.420 e. The number of fused-ring (bicyclic) bond motifs is 3. The Bertz CT molecular complexity index is 1380. The molecule has 6 heteroatoms. The van der Waals surface area contributed by atoms with Crippen molar-refractivity contribution >= 4 is 38.7 Å². The van der Waals surface area contributed by atoms with E-state index in [1.807, 2.05) is 30.3 Å². The van der Waals surface area contributed by atoms with Crippen molar-refractivity contribution in [3.8, 4) is 11.4 Å². The van der Waals surface area contributed by atoms with Crippen molar-refractivity contribution in [2.75, 3.05) is 18.0 Å². The minimum atomic E-state index is 0.0447. The van der Waals surface area contributed by atoms with Crippen LogP contribution in [0.4, 0.5) is 5.69 Å². The minimum Gasteiger partial charge on any atom is -0.420 e. The number of aromatic nitrogens is 3. The molecule has 0 aliphatic carbocycles. The molecule has 3 aromatic heterocycles. The Labute approximate surface area is 167 Å². The van der Waals surface area contributed by atoms with Gasteiger partial charge in [-0.15, -0.1) is 0 Å². The van der Waals surface area contributed by atoms with E-state index in [0.29, 0.717) is 17.1 Å². The number of hydrogen-bond acceptors (Lipinski definition) is 5. The van der Waals surface area contributed by atoms with Crippen molar-refractivity contribution in [1.82, 2.24) is 15.0 Å². The Kier molecular flexibility index (Phi) is 4.05. The van der Waals surface area contributed by atoms with Crippen LogP contribution in [0.1, 0.15) is 13.8 Å². The molecule has 3 heterocycles. The number of H-pyrrole nitrogens is 1. The number of imidazole rings is 1. The number of nitrogens with zero attached hydrogens (tertiary/aromatic N) is 3. The van der Waals surface area contributed by atoms with E-state index >= 15 is 0 Å². The number of anilines is 1. The van der Waals surface area contributed by atoms with Crippen LogP contribution in [0.2, 0.25) is 0 Å². The summed E-state index contributed by atoms with van der Waals surface area (Å²) in [4.78, 5) is 14.8. The summed E-state index contributed by atoms with van der Waals surface area (Å²) >= 11 is 0. The van der Waals surface area contributed by atoms with Gasteiger partial charge in [0.2, 0.25) is 11.3 Å². The van der Waals surface area contributed by atoms with Crippen LogP contribution in [0.3, 0.4) is 0 Å². The van der Waals surface area contributed by atoms with Crippen LogP contribution >= 0.6 is 0 Å². The zero-order valence-electron chi connectivity index (χ0n) is 16.4. The maximum Gasteiger partial charge on any atom is 0.229 e.